The third kappa shape index (κ3) is 2.44. The van der Waals surface area contributed by atoms with Crippen molar-refractivity contribution in [2.45, 2.75) is 19.8 Å². The smallest absolute Gasteiger partial charge is 0.182 e. The van der Waals surface area contributed by atoms with E-state index in [0.29, 0.717) is 10.8 Å². The molecule has 0 aliphatic heterocycles. The first-order chi connectivity index (χ1) is 7.70. The van der Waals surface area contributed by atoms with Gasteiger partial charge >= 0.3 is 0 Å². The number of hydrogen-bond acceptors (Lipinski definition) is 2. The van der Waals surface area contributed by atoms with Gasteiger partial charge in [-0.15, -0.1) is 0 Å². The molecule has 2 aromatic rings. The average Bonchev–Trinajstić information content (AvgIpc) is 2.71. The van der Waals surface area contributed by atoms with Crippen molar-refractivity contribution in [2.24, 2.45) is 0 Å². The summed E-state index contributed by atoms with van der Waals surface area (Å²) in [6.07, 6.45) is 1.95. The van der Waals surface area contributed by atoms with Gasteiger partial charge in [0.15, 0.2) is 5.82 Å². The highest BCUT2D eigenvalue weighted by molar-refractivity contribution is 9.10. The van der Waals surface area contributed by atoms with Gasteiger partial charge in [-0.05, 0) is 24.6 Å². The lowest BCUT2D eigenvalue weighted by Gasteiger charge is -1.99. The van der Waals surface area contributed by atoms with E-state index in [-0.39, 0.29) is 0 Å². The largest absolute Gasteiger partial charge is 0.263 e. The highest BCUT2D eigenvalue weighted by Crippen LogP contribution is 2.28. The van der Waals surface area contributed by atoms with Gasteiger partial charge in [0.05, 0.1) is 0 Å². The lowest BCUT2D eigenvalue weighted by atomic mass is 10.2. The predicted molar refractivity (Wildman–Crippen MR) is 68.5 cm³/mol. The molecule has 1 heterocycles. The van der Waals surface area contributed by atoms with Gasteiger partial charge in [0.25, 0.3) is 0 Å². The molecule has 0 aliphatic rings. The molecule has 84 valence electrons. The Morgan fingerprint density at radius 1 is 1.44 bits per heavy atom. The number of benzene rings is 1. The van der Waals surface area contributed by atoms with Crippen LogP contribution in [0.15, 0.2) is 22.7 Å². The lowest BCUT2D eigenvalue weighted by Crippen LogP contribution is -1.86. The maximum atomic E-state index is 5.95. The Hall–Kier alpha value is -0.870. The van der Waals surface area contributed by atoms with Crippen molar-refractivity contribution in [3.05, 3.63) is 33.5 Å². The molecule has 0 bridgehead atoms. The van der Waals surface area contributed by atoms with Crippen LogP contribution in [0.3, 0.4) is 0 Å². The minimum absolute atomic E-state index is 0.679. The molecule has 0 aliphatic carbocycles. The van der Waals surface area contributed by atoms with Crippen LogP contribution >= 0.6 is 27.5 Å². The number of aryl methyl sites for hydroxylation is 1. The number of hydrogen-bond donors (Lipinski definition) is 1. The summed E-state index contributed by atoms with van der Waals surface area (Å²) in [7, 11) is 0. The first kappa shape index (κ1) is 11.6. The maximum absolute atomic E-state index is 5.95. The van der Waals surface area contributed by atoms with Gasteiger partial charge in [-0.25, -0.2) is 4.98 Å². The van der Waals surface area contributed by atoms with E-state index in [1.54, 1.807) is 0 Å². The topological polar surface area (TPSA) is 41.6 Å². The number of H-pyrrole nitrogens is 1. The average molecular weight is 301 g/mol. The van der Waals surface area contributed by atoms with Gasteiger partial charge in [-0.1, -0.05) is 34.5 Å². The van der Waals surface area contributed by atoms with Gasteiger partial charge in [0.2, 0.25) is 0 Å². The van der Waals surface area contributed by atoms with E-state index in [1.165, 1.54) is 0 Å². The van der Waals surface area contributed by atoms with Gasteiger partial charge < -0.3 is 0 Å². The van der Waals surface area contributed by atoms with Crippen LogP contribution in [-0.4, -0.2) is 15.2 Å². The quantitative estimate of drug-likeness (QED) is 0.935. The Morgan fingerprint density at radius 2 is 2.25 bits per heavy atom. The van der Waals surface area contributed by atoms with E-state index in [4.69, 9.17) is 11.6 Å². The number of aromatic amines is 1. The SMILES string of the molecule is CCCc1nc(-c2cc(Cl)ccc2Br)n[nH]1. The van der Waals surface area contributed by atoms with E-state index in [1.807, 2.05) is 18.2 Å². The Labute approximate surface area is 107 Å². The number of nitrogens with zero attached hydrogens (tertiary/aromatic N) is 2. The van der Waals surface area contributed by atoms with Crippen LogP contribution in [0.1, 0.15) is 19.2 Å². The van der Waals surface area contributed by atoms with E-state index in [9.17, 15) is 0 Å². The molecule has 5 heteroatoms. The molecule has 0 unspecified atom stereocenters. The zero-order valence-electron chi connectivity index (χ0n) is 8.80. The zero-order chi connectivity index (χ0) is 11.5. The highest BCUT2D eigenvalue weighted by atomic mass is 79.9. The summed E-state index contributed by atoms with van der Waals surface area (Å²) in [5, 5.41) is 7.79. The molecule has 1 aromatic heterocycles. The molecule has 16 heavy (non-hydrogen) atoms. The van der Waals surface area contributed by atoms with E-state index in [0.717, 1.165) is 28.7 Å². The number of aromatic nitrogens is 3. The summed E-state index contributed by atoms with van der Waals surface area (Å²) in [6, 6.07) is 5.58. The second kappa shape index (κ2) is 4.97. The predicted octanol–water partition coefficient (Wildman–Crippen LogP) is 3.84. The van der Waals surface area contributed by atoms with Gasteiger partial charge in [-0.2, -0.15) is 5.10 Å². The number of halogens is 2. The zero-order valence-corrected chi connectivity index (χ0v) is 11.1. The van der Waals surface area contributed by atoms with Crippen LogP contribution in [0.5, 0.6) is 0 Å². The molecular formula is C11H11BrClN3. The summed E-state index contributed by atoms with van der Waals surface area (Å²) >= 11 is 9.41. The molecule has 1 N–H and O–H groups in total. The first-order valence-electron chi connectivity index (χ1n) is 5.07. The van der Waals surface area contributed by atoms with Crippen molar-refractivity contribution in [3.8, 4) is 11.4 Å². The third-order valence-electron chi connectivity index (χ3n) is 2.19. The fraction of sp³-hybridized carbons (Fsp3) is 0.273. The Morgan fingerprint density at radius 3 is 3.00 bits per heavy atom. The van der Waals surface area contributed by atoms with Crippen molar-refractivity contribution in [1.82, 2.24) is 15.2 Å². The molecular weight excluding hydrogens is 289 g/mol. The molecule has 1 aromatic carbocycles. The van der Waals surface area contributed by atoms with Crippen molar-refractivity contribution >= 4 is 27.5 Å². The molecule has 0 fully saturated rings. The molecule has 0 saturated carbocycles. The maximum Gasteiger partial charge on any atom is 0.182 e. The summed E-state index contributed by atoms with van der Waals surface area (Å²) in [6.45, 7) is 2.11. The van der Waals surface area contributed by atoms with Crippen LogP contribution in [0.2, 0.25) is 5.02 Å². The molecule has 3 nitrogen and oxygen atoms in total. The molecule has 0 amide bonds. The Balaban J connectivity index is 2.38. The standard InChI is InChI=1S/C11H11BrClN3/c1-2-3-10-14-11(16-15-10)8-6-7(13)4-5-9(8)12/h4-6H,2-3H2,1H3,(H,14,15,16). The van der Waals surface area contributed by atoms with Crippen LogP contribution in [0.25, 0.3) is 11.4 Å². The van der Waals surface area contributed by atoms with Crippen LogP contribution in [-0.2, 0) is 6.42 Å². The minimum atomic E-state index is 0.679. The lowest BCUT2D eigenvalue weighted by molar-refractivity contribution is 0.841. The number of rotatable bonds is 3. The van der Waals surface area contributed by atoms with Gasteiger partial charge in [0.1, 0.15) is 5.82 Å². The normalized spacial score (nSPS) is 10.7. The van der Waals surface area contributed by atoms with Crippen molar-refractivity contribution in [3.63, 3.8) is 0 Å². The van der Waals surface area contributed by atoms with E-state index in [2.05, 4.69) is 38.0 Å². The second-order valence-electron chi connectivity index (χ2n) is 3.48. The summed E-state index contributed by atoms with van der Waals surface area (Å²) in [4.78, 5) is 4.42. The number of nitrogens with one attached hydrogen (secondary N) is 1. The molecule has 0 saturated heterocycles. The van der Waals surface area contributed by atoms with Crippen LogP contribution in [0, 0.1) is 0 Å². The first-order valence-corrected chi connectivity index (χ1v) is 6.24. The molecule has 0 atom stereocenters. The van der Waals surface area contributed by atoms with Crippen LogP contribution in [0.4, 0.5) is 0 Å². The molecule has 0 radical (unpaired) electrons. The Kier molecular flexibility index (Phi) is 3.61. The van der Waals surface area contributed by atoms with Crippen molar-refractivity contribution < 1.29 is 0 Å². The fourth-order valence-corrected chi connectivity index (χ4v) is 2.03. The highest BCUT2D eigenvalue weighted by Gasteiger charge is 2.09. The van der Waals surface area contributed by atoms with Gasteiger partial charge in [0, 0.05) is 21.5 Å². The summed E-state index contributed by atoms with van der Waals surface area (Å²) < 4.78 is 0.943. The summed E-state index contributed by atoms with van der Waals surface area (Å²) in [5.74, 6) is 1.59. The summed E-state index contributed by atoms with van der Waals surface area (Å²) in [5.41, 5.74) is 0.908. The van der Waals surface area contributed by atoms with Crippen molar-refractivity contribution in [2.75, 3.05) is 0 Å². The second-order valence-corrected chi connectivity index (χ2v) is 4.77. The van der Waals surface area contributed by atoms with E-state index >= 15 is 0 Å². The Bertz CT molecular complexity index is 496. The molecule has 2 rings (SSSR count). The monoisotopic (exact) mass is 299 g/mol. The third-order valence-corrected chi connectivity index (χ3v) is 3.11. The fourth-order valence-electron chi connectivity index (χ4n) is 1.43. The van der Waals surface area contributed by atoms with Crippen LogP contribution < -0.4 is 0 Å². The van der Waals surface area contributed by atoms with E-state index < -0.39 is 0 Å². The van der Waals surface area contributed by atoms with Crippen molar-refractivity contribution in [1.29, 1.82) is 0 Å². The minimum Gasteiger partial charge on any atom is -0.263 e. The van der Waals surface area contributed by atoms with Gasteiger partial charge in [-0.3, -0.25) is 5.10 Å². The molecule has 0 spiro atoms.